The molecule has 2 amide bonds. The largest absolute Gasteiger partial charge is 0.444 e. The van der Waals surface area contributed by atoms with E-state index in [-0.39, 0.29) is 13.3 Å². The topological polar surface area (TPSA) is 97.9 Å². The summed E-state index contributed by atoms with van der Waals surface area (Å²) >= 11 is 0. The Morgan fingerprint density at radius 3 is 1.97 bits per heavy atom. The Bertz CT molecular complexity index is 794. The van der Waals surface area contributed by atoms with Crippen molar-refractivity contribution >= 4 is 12.0 Å². The van der Waals surface area contributed by atoms with Gasteiger partial charge in [-0.1, -0.05) is 60.7 Å². The van der Waals surface area contributed by atoms with Crippen LogP contribution in [0.25, 0.3) is 0 Å². The smallest absolute Gasteiger partial charge is 0.408 e. The van der Waals surface area contributed by atoms with Gasteiger partial charge in [0.1, 0.15) is 18.4 Å². The lowest BCUT2D eigenvalue weighted by molar-refractivity contribution is -0.126. The van der Waals surface area contributed by atoms with Crippen LogP contribution < -0.4 is 16.2 Å². The highest BCUT2D eigenvalue weighted by molar-refractivity contribution is 5.85. The second kappa shape index (κ2) is 12.7. The molecule has 0 bridgehead atoms. The fourth-order valence-electron chi connectivity index (χ4n) is 2.51. The van der Waals surface area contributed by atoms with Crippen LogP contribution in [0.4, 0.5) is 4.79 Å². The van der Waals surface area contributed by atoms with Gasteiger partial charge >= 0.3 is 6.09 Å². The minimum Gasteiger partial charge on any atom is -0.444 e. The molecule has 168 valence electrons. The van der Waals surface area contributed by atoms with Gasteiger partial charge in [-0.05, 0) is 31.9 Å². The average molecular weight is 430 g/mol. The highest BCUT2D eigenvalue weighted by Crippen LogP contribution is 2.07. The maximum atomic E-state index is 12.5. The summed E-state index contributed by atoms with van der Waals surface area (Å²) in [7, 11) is 0. The number of alkyl carbamates (subject to hydrolysis) is 1. The van der Waals surface area contributed by atoms with E-state index in [9.17, 15) is 9.59 Å². The highest BCUT2D eigenvalue weighted by Gasteiger charge is 2.24. The van der Waals surface area contributed by atoms with Gasteiger partial charge in [0.15, 0.2) is 0 Å². The van der Waals surface area contributed by atoms with Gasteiger partial charge in [-0.25, -0.2) is 10.2 Å². The second-order valence-corrected chi connectivity index (χ2v) is 7.84. The SMILES string of the molecule is CC(C)(C)OC(=O)N[C@@H](COCc1ccccc1)C(=O)NNCOCc1ccccc1. The predicted molar refractivity (Wildman–Crippen MR) is 117 cm³/mol. The molecule has 2 rings (SSSR count). The number of hydrogen-bond acceptors (Lipinski definition) is 6. The lowest BCUT2D eigenvalue weighted by Gasteiger charge is -2.23. The molecule has 0 aromatic heterocycles. The summed E-state index contributed by atoms with van der Waals surface area (Å²) in [6.07, 6.45) is -0.698. The van der Waals surface area contributed by atoms with Gasteiger partial charge in [0.2, 0.25) is 0 Å². The Balaban J connectivity index is 1.80. The number of amides is 2. The molecule has 0 unspecified atom stereocenters. The lowest BCUT2D eigenvalue weighted by atomic mass is 10.2. The summed E-state index contributed by atoms with van der Waals surface area (Å²) in [6, 6.07) is 18.3. The number of ether oxygens (including phenoxy) is 3. The Kier molecular flexibility index (Phi) is 9.96. The third-order valence-corrected chi connectivity index (χ3v) is 3.90. The zero-order valence-electron chi connectivity index (χ0n) is 18.2. The zero-order valence-corrected chi connectivity index (χ0v) is 18.2. The first-order valence-electron chi connectivity index (χ1n) is 10.1. The van der Waals surface area contributed by atoms with Gasteiger partial charge < -0.3 is 19.5 Å². The van der Waals surface area contributed by atoms with E-state index >= 15 is 0 Å². The minimum absolute atomic E-state index is 0.0213. The Morgan fingerprint density at radius 1 is 0.871 bits per heavy atom. The lowest BCUT2D eigenvalue weighted by Crippen LogP contribution is -2.54. The number of carbonyl (C=O) groups excluding carboxylic acids is 2. The quantitative estimate of drug-likeness (QED) is 0.289. The third-order valence-electron chi connectivity index (χ3n) is 3.90. The maximum absolute atomic E-state index is 12.5. The zero-order chi connectivity index (χ0) is 22.5. The van der Waals surface area contributed by atoms with Crippen molar-refractivity contribution in [2.45, 2.75) is 45.6 Å². The minimum atomic E-state index is -0.944. The molecule has 3 N–H and O–H groups in total. The van der Waals surface area contributed by atoms with Crippen molar-refractivity contribution < 1.29 is 23.8 Å². The van der Waals surface area contributed by atoms with Gasteiger partial charge in [0.05, 0.1) is 19.8 Å². The first-order chi connectivity index (χ1) is 14.8. The monoisotopic (exact) mass is 429 g/mol. The molecule has 0 heterocycles. The molecule has 1 atom stereocenters. The summed E-state index contributed by atoms with van der Waals surface area (Å²) in [5.41, 5.74) is 6.52. The van der Waals surface area contributed by atoms with Crippen molar-refractivity contribution in [1.29, 1.82) is 0 Å². The standard InChI is InChI=1S/C23H31N3O5/c1-23(2,3)31-22(28)25-20(16-29-14-18-10-6-4-7-11-18)21(27)26-24-17-30-15-19-12-8-5-9-13-19/h4-13,20,24H,14-17H2,1-3H3,(H,25,28)(H,26,27)/t20-/m0/s1. The van der Waals surface area contributed by atoms with E-state index in [1.54, 1.807) is 20.8 Å². The van der Waals surface area contributed by atoms with E-state index in [4.69, 9.17) is 14.2 Å². The van der Waals surface area contributed by atoms with Crippen molar-refractivity contribution in [2.24, 2.45) is 0 Å². The molecule has 0 spiro atoms. The summed E-state index contributed by atoms with van der Waals surface area (Å²) < 4.78 is 16.3. The number of nitrogens with one attached hydrogen (secondary N) is 3. The van der Waals surface area contributed by atoms with Crippen LogP contribution in [-0.4, -0.2) is 37.0 Å². The normalized spacial score (nSPS) is 12.1. The number of hydrogen-bond donors (Lipinski definition) is 3. The van der Waals surface area contributed by atoms with Crippen molar-refractivity contribution in [3.63, 3.8) is 0 Å². The van der Waals surface area contributed by atoms with Crippen molar-refractivity contribution in [1.82, 2.24) is 16.2 Å². The molecule has 31 heavy (non-hydrogen) atoms. The molecule has 0 aliphatic heterocycles. The maximum Gasteiger partial charge on any atom is 0.408 e. The fraction of sp³-hybridized carbons (Fsp3) is 0.391. The average Bonchev–Trinajstić information content (AvgIpc) is 2.73. The highest BCUT2D eigenvalue weighted by atomic mass is 16.6. The Morgan fingerprint density at radius 2 is 1.42 bits per heavy atom. The van der Waals surface area contributed by atoms with Crippen LogP contribution in [0.1, 0.15) is 31.9 Å². The van der Waals surface area contributed by atoms with Crippen LogP contribution in [-0.2, 0) is 32.2 Å². The molecule has 0 radical (unpaired) electrons. The number of carbonyl (C=O) groups is 2. The van der Waals surface area contributed by atoms with Crippen LogP contribution in [0.2, 0.25) is 0 Å². The molecule has 0 aliphatic carbocycles. The molecule has 8 heteroatoms. The molecule has 0 saturated carbocycles. The molecule has 0 fully saturated rings. The van der Waals surface area contributed by atoms with E-state index in [0.29, 0.717) is 13.2 Å². The summed E-state index contributed by atoms with van der Waals surface area (Å²) in [6.45, 7) is 6.05. The van der Waals surface area contributed by atoms with Crippen LogP contribution in [0, 0.1) is 0 Å². The van der Waals surface area contributed by atoms with Crippen LogP contribution >= 0.6 is 0 Å². The van der Waals surface area contributed by atoms with Crippen molar-refractivity contribution in [3.8, 4) is 0 Å². The molecule has 0 saturated heterocycles. The number of rotatable bonds is 11. The van der Waals surface area contributed by atoms with E-state index in [1.807, 2.05) is 60.7 Å². The van der Waals surface area contributed by atoms with Crippen LogP contribution in [0.5, 0.6) is 0 Å². The van der Waals surface area contributed by atoms with Gasteiger partial charge in [-0.2, -0.15) is 0 Å². The number of hydrazine groups is 1. The molecular weight excluding hydrogens is 398 g/mol. The van der Waals surface area contributed by atoms with Gasteiger partial charge in [-0.3, -0.25) is 10.2 Å². The van der Waals surface area contributed by atoms with E-state index < -0.39 is 23.6 Å². The Hall–Kier alpha value is -2.94. The Labute approximate surface area is 183 Å². The van der Waals surface area contributed by atoms with E-state index in [1.165, 1.54) is 0 Å². The van der Waals surface area contributed by atoms with Crippen LogP contribution in [0.3, 0.4) is 0 Å². The van der Waals surface area contributed by atoms with E-state index in [0.717, 1.165) is 11.1 Å². The first kappa shape index (κ1) is 24.3. The molecule has 2 aromatic rings. The summed E-state index contributed by atoms with van der Waals surface area (Å²) in [5, 5.41) is 2.55. The van der Waals surface area contributed by atoms with Crippen molar-refractivity contribution in [3.05, 3.63) is 71.8 Å². The molecule has 8 nitrogen and oxygen atoms in total. The predicted octanol–water partition coefficient (Wildman–Crippen LogP) is 2.89. The molecule has 2 aromatic carbocycles. The summed E-state index contributed by atoms with van der Waals surface area (Å²) in [5.74, 6) is -0.470. The third kappa shape index (κ3) is 10.6. The molecule has 0 aliphatic rings. The number of benzene rings is 2. The second-order valence-electron chi connectivity index (χ2n) is 7.84. The van der Waals surface area contributed by atoms with Crippen molar-refractivity contribution in [2.75, 3.05) is 13.3 Å². The van der Waals surface area contributed by atoms with Gasteiger partial charge in [0.25, 0.3) is 5.91 Å². The van der Waals surface area contributed by atoms with E-state index in [2.05, 4.69) is 16.2 Å². The van der Waals surface area contributed by atoms with Crippen LogP contribution in [0.15, 0.2) is 60.7 Å². The summed E-state index contributed by atoms with van der Waals surface area (Å²) in [4.78, 5) is 24.7. The molecular formula is C23H31N3O5. The fourth-order valence-corrected chi connectivity index (χ4v) is 2.51. The first-order valence-corrected chi connectivity index (χ1v) is 10.1. The van der Waals surface area contributed by atoms with Gasteiger partial charge in [-0.15, -0.1) is 0 Å². The van der Waals surface area contributed by atoms with Gasteiger partial charge in [0, 0.05) is 0 Å².